The maximum atomic E-state index is 12.1. The molecule has 3 nitrogen and oxygen atoms in total. The van der Waals surface area contributed by atoms with Gasteiger partial charge in [-0.3, -0.25) is 4.79 Å². The first-order valence-electron chi connectivity index (χ1n) is 9.00. The Hall–Kier alpha value is -2.86. The lowest BCUT2D eigenvalue weighted by Gasteiger charge is -2.24. The van der Waals surface area contributed by atoms with Crippen LogP contribution in [0.25, 0.3) is 10.9 Å². The van der Waals surface area contributed by atoms with Gasteiger partial charge in [0.05, 0.1) is 11.5 Å². The summed E-state index contributed by atoms with van der Waals surface area (Å²) in [5, 5.41) is 10.9. The van der Waals surface area contributed by atoms with Gasteiger partial charge in [-0.15, -0.1) is 0 Å². The second-order valence-electron chi connectivity index (χ2n) is 7.33. The molecule has 0 bridgehead atoms. The van der Waals surface area contributed by atoms with E-state index in [1.54, 1.807) is 0 Å². The highest BCUT2D eigenvalue weighted by Crippen LogP contribution is 2.31. The number of aromatic amines is 1. The van der Waals surface area contributed by atoms with E-state index in [4.69, 9.17) is 0 Å². The Bertz CT molecular complexity index is 1070. The molecule has 0 aliphatic heterocycles. The fourth-order valence-electron chi connectivity index (χ4n) is 3.43. The highest BCUT2D eigenvalue weighted by Gasteiger charge is 2.28. The van der Waals surface area contributed by atoms with E-state index in [0.717, 1.165) is 22.0 Å². The maximum absolute atomic E-state index is 12.1. The summed E-state index contributed by atoms with van der Waals surface area (Å²) < 4.78 is 0. The topological polar surface area (TPSA) is 56.6 Å². The first kappa shape index (κ1) is 17.9. The van der Waals surface area contributed by atoms with Gasteiger partial charge in [-0.2, -0.15) is 5.26 Å². The minimum absolute atomic E-state index is 0.0506. The molecule has 1 atom stereocenters. The van der Waals surface area contributed by atoms with E-state index in [1.807, 2.05) is 38.1 Å². The van der Waals surface area contributed by atoms with Crippen LogP contribution < -0.4 is 5.56 Å². The molecule has 0 saturated carbocycles. The normalized spacial score (nSPS) is 13.3. The van der Waals surface area contributed by atoms with Crippen LogP contribution in [0.1, 0.15) is 41.7 Å². The zero-order valence-electron chi connectivity index (χ0n) is 15.8. The van der Waals surface area contributed by atoms with Crippen molar-refractivity contribution in [3.63, 3.8) is 0 Å². The van der Waals surface area contributed by atoms with E-state index < -0.39 is 5.41 Å². The van der Waals surface area contributed by atoms with Crippen LogP contribution in [-0.2, 0) is 18.3 Å². The van der Waals surface area contributed by atoms with Gasteiger partial charge >= 0.3 is 0 Å². The third-order valence-corrected chi connectivity index (χ3v) is 5.24. The smallest absolute Gasteiger partial charge is 0.251 e. The standard InChI is InChI=1S/C23H24N2O/c1-5-17-11-18-8-9-20(12-21(18)25-22(17)26)23(4,14-24)13-19-10-15(2)6-7-16(19)3/h6-12H,5,13H2,1-4H3,(H,25,26). The van der Waals surface area contributed by atoms with Gasteiger partial charge in [0.1, 0.15) is 0 Å². The fourth-order valence-corrected chi connectivity index (χ4v) is 3.43. The van der Waals surface area contributed by atoms with Gasteiger partial charge in [0, 0.05) is 11.1 Å². The third-order valence-electron chi connectivity index (χ3n) is 5.24. The molecule has 3 aromatic rings. The molecule has 0 amide bonds. The number of nitrogens with one attached hydrogen (secondary N) is 1. The molecule has 2 aromatic carbocycles. The number of aryl methyl sites for hydroxylation is 3. The maximum Gasteiger partial charge on any atom is 0.251 e. The number of hydrogen-bond acceptors (Lipinski definition) is 2. The number of pyridine rings is 1. The minimum atomic E-state index is -0.660. The minimum Gasteiger partial charge on any atom is -0.322 e. The van der Waals surface area contributed by atoms with E-state index in [2.05, 4.69) is 43.1 Å². The largest absolute Gasteiger partial charge is 0.322 e. The Morgan fingerprint density at radius 2 is 1.85 bits per heavy atom. The van der Waals surface area contributed by atoms with Gasteiger partial charge in [0.15, 0.2) is 0 Å². The number of fused-ring (bicyclic) bond motifs is 1. The molecule has 0 fully saturated rings. The van der Waals surface area contributed by atoms with Crippen LogP contribution in [0, 0.1) is 25.2 Å². The first-order chi connectivity index (χ1) is 12.4. The predicted octanol–water partition coefficient (Wildman–Crippen LogP) is 4.73. The molecule has 0 saturated heterocycles. The Morgan fingerprint density at radius 3 is 2.54 bits per heavy atom. The summed E-state index contributed by atoms with van der Waals surface area (Å²) in [4.78, 5) is 15.1. The average molecular weight is 344 g/mol. The van der Waals surface area contributed by atoms with Crippen molar-refractivity contribution in [2.24, 2.45) is 0 Å². The van der Waals surface area contributed by atoms with Crippen LogP contribution in [0.5, 0.6) is 0 Å². The second-order valence-corrected chi connectivity index (χ2v) is 7.33. The van der Waals surface area contributed by atoms with Crippen molar-refractivity contribution in [3.05, 3.63) is 80.6 Å². The molecular weight excluding hydrogens is 320 g/mol. The number of H-pyrrole nitrogens is 1. The quantitative estimate of drug-likeness (QED) is 0.744. The van der Waals surface area contributed by atoms with Crippen LogP contribution in [0.3, 0.4) is 0 Å². The number of nitrogens with zero attached hydrogens (tertiary/aromatic N) is 1. The monoisotopic (exact) mass is 344 g/mol. The number of hydrogen-bond donors (Lipinski definition) is 1. The third kappa shape index (κ3) is 3.28. The highest BCUT2D eigenvalue weighted by molar-refractivity contribution is 5.80. The number of rotatable bonds is 4. The molecule has 1 unspecified atom stereocenters. The van der Waals surface area contributed by atoms with E-state index in [1.165, 1.54) is 16.7 Å². The number of aromatic nitrogens is 1. The van der Waals surface area contributed by atoms with Crippen molar-refractivity contribution in [1.82, 2.24) is 4.98 Å². The Balaban J connectivity index is 2.08. The predicted molar refractivity (Wildman–Crippen MR) is 107 cm³/mol. The summed E-state index contributed by atoms with van der Waals surface area (Å²) >= 11 is 0. The number of nitriles is 1. The molecule has 0 aliphatic carbocycles. The van der Waals surface area contributed by atoms with Crippen molar-refractivity contribution in [3.8, 4) is 6.07 Å². The molecule has 132 valence electrons. The van der Waals surface area contributed by atoms with E-state index in [9.17, 15) is 10.1 Å². The van der Waals surface area contributed by atoms with Gasteiger partial charge in [-0.25, -0.2) is 0 Å². The van der Waals surface area contributed by atoms with Crippen LogP contribution in [-0.4, -0.2) is 4.98 Å². The van der Waals surface area contributed by atoms with Crippen LogP contribution >= 0.6 is 0 Å². The molecule has 26 heavy (non-hydrogen) atoms. The van der Waals surface area contributed by atoms with Gasteiger partial charge in [-0.05, 0) is 67.8 Å². The molecule has 0 spiro atoms. The van der Waals surface area contributed by atoms with Crippen molar-refractivity contribution < 1.29 is 0 Å². The van der Waals surface area contributed by atoms with E-state index in [0.29, 0.717) is 12.8 Å². The van der Waals surface area contributed by atoms with Gasteiger partial charge in [0.25, 0.3) is 5.56 Å². The van der Waals surface area contributed by atoms with E-state index >= 15 is 0 Å². The molecule has 3 rings (SSSR count). The Labute approximate surface area is 154 Å². The van der Waals surface area contributed by atoms with Gasteiger partial charge in [0.2, 0.25) is 0 Å². The summed E-state index contributed by atoms with van der Waals surface area (Å²) in [6.07, 6.45) is 1.34. The van der Waals surface area contributed by atoms with E-state index in [-0.39, 0.29) is 5.56 Å². The second kappa shape index (κ2) is 6.80. The van der Waals surface area contributed by atoms with Crippen molar-refractivity contribution in [2.45, 2.75) is 46.0 Å². The highest BCUT2D eigenvalue weighted by atomic mass is 16.1. The fraction of sp³-hybridized carbons (Fsp3) is 0.304. The lowest BCUT2D eigenvalue weighted by atomic mass is 9.77. The summed E-state index contributed by atoms with van der Waals surface area (Å²) in [5.41, 5.74) is 5.35. The SMILES string of the molecule is CCc1cc2ccc(C(C)(C#N)Cc3cc(C)ccc3C)cc2[nH]c1=O. The molecule has 3 heteroatoms. The van der Waals surface area contributed by atoms with Crippen molar-refractivity contribution in [1.29, 1.82) is 5.26 Å². The molecular formula is C23H24N2O. The number of benzene rings is 2. The Kier molecular flexibility index (Phi) is 4.70. The summed E-state index contributed by atoms with van der Waals surface area (Å²) in [7, 11) is 0. The molecule has 1 N–H and O–H groups in total. The molecule has 0 radical (unpaired) electrons. The molecule has 1 heterocycles. The lowest BCUT2D eigenvalue weighted by molar-refractivity contribution is 0.605. The summed E-state index contributed by atoms with van der Waals surface area (Å²) in [6.45, 7) is 8.09. The van der Waals surface area contributed by atoms with Gasteiger partial charge in [-0.1, -0.05) is 42.8 Å². The van der Waals surface area contributed by atoms with Crippen LogP contribution in [0.2, 0.25) is 0 Å². The zero-order valence-corrected chi connectivity index (χ0v) is 15.8. The molecule has 1 aromatic heterocycles. The molecule has 0 aliphatic rings. The van der Waals surface area contributed by atoms with Crippen LogP contribution in [0.15, 0.2) is 47.3 Å². The summed E-state index contributed by atoms with van der Waals surface area (Å²) in [5.74, 6) is 0. The van der Waals surface area contributed by atoms with Crippen molar-refractivity contribution in [2.75, 3.05) is 0 Å². The average Bonchev–Trinajstić information content (AvgIpc) is 2.63. The van der Waals surface area contributed by atoms with Gasteiger partial charge < -0.3 is 4.98 Å². The van der Waals surface area contributed by atoms with Crippen LogP contribution in [0.4, 0.5) is 0 Å². The first-order valence-corrected chi connectivity index (χ1v) is 9.00. The zero-order chi connectivity index (χ0) is 18.9. The Morgan fingerprint density at radius 1 is 1.08 bits per heavy atom. The van der Waals surface area contributed by atoms with Crippen molar-refractivity contribution >= 4 is 10.9 Å². The summed E-state index contributed by atoms with van der Waals surface area (Å²) in [6, 6.07) is 16.7. The lowest BCUT2D eigenvalue weighted by Crippen LogP contribution is -2.23.